The molecule has 2 saturated heterocycles. The van der Waals surface area contributed by atoms with Crippen LogP contribution in [0, 0.1) is 17.3 Å². The molecule has 0 radical (unpaired) electrons. The fraction of sp³-hybridized carbons (Fsp3) is 0.486. The molecule has 3 aliphatic heterocycles. The summed E-state index contributed by atoms with van der Waals surface area (Å²) in [5.74, 6) is 0.831. The minimum Gasteiger partial charge on any atom is -0.490 e. The summed E-state index contributed by atoms with van der Waals surface area (Å²) in [5, 5.41) is 3.05. The second-order valence-electron chi connectivity index (χ2n) is 14.0. The summed E-state index contributed by atoms with van der Waals surface area (Å²) in [5.41, 5.74) is 4.78. The van der Waals surface area contributed by atoms with Crippen LogP contribution in [0.2, 0.25) is 5.02 Å². The molecule has 1 N–H and O–H groups in total. The summed E-state index contributed by atoms with van der Waals surface area (Å²) in [6.45, 7) is 6.39. The normalized spacial score (nSPS) is 27.8. The van der Waals surface area contributed by atoms with Crippen LogP contribution >= 0.6 is 11.6 Å². The van der Waals surface area contributed by atoms with E-state index < -0.39 is 11.9 Å². The predicted molar refractivity (Wildman–Crippen MR) is 166 cm³/mol. The molecule has 3 heterocycles. The third-order valence-corrected chi connectivity index (χ3v) is 10.6. The number of imide groups is 1. The average molecular weight is 616 g/mol. The Morgan fingerprint density at radius 2 is 1.73 bits per heavy atom. The van der Waals surface area contributed by atoms with E-state index in [-0.39, 0.29) is 35.7 Å². The molecule has 5 aliphatic rings. The second kappa shape index (κ2) is 11.1. The lowest BCUT2D eigenvalue weighted by molar-refractivity contribution is -0.137. The molecule has 0 spiro atoms. The maximum Gasteiger partial charge on any atom is 0.255 e. The number of halogens is 1. The molecule has 1 saturated carbocycles. The van der Waals surface area contributed by atoms with Gasteiger partial charge in [0.1, 0.15) is 11.8 Å². The van der Waals surface area contributed by atoms with Crippen LogP contribution < -0.4 is 10.1 Å². The number of carbonyl (C=O) groups is 4. The van der Waals surface area contributed by atoms with E-state index in [9.17, 15) is 19.2 Å². The molecule has 9 heteroatoms. The average Bonchev–Trinajstić information content (AvgIpc) is 3.64. The van der Waals surface area contributed by atoms with E-state index in [1.807, 2.05) is 36.4 Å². The van der Waals surface area contributed by atoms with E-state index >= 15 is 0 Å². The van der Waals surface area contributed by atoms with E-state index in [4.69, 9.17) is 16.3 Å². The molecule has 2 aromatic carbocycles. The summed E-state index contributed by atoms with van der Waals surface area (Å²) in [6.07, 6.45) is 5.09. The summed E-state index contributed by atoms with van der Waals surface area (Å²) < 4.78 is 6.43. The van der Waals surface area contributed by atoms with E-state index in [0.717, 1.165) is 73.2 Å². The monoisotopic (exact) mass is 615 g/mol. The molecule has 3 atom stereocenters. The number of allylic oxidation sites excluding steroid dienone is 1. The Bertz CT molecular complexity index is 1570. The van der Waals surface area contributed by atoms with Crippen molar-refractivity contribution in [3.05, 3.63) is 69.8 Å². The van der Waals surface area contributed by atoms with Crippen molar-refractivity contribution in [3.63, 3.8) is 0 Å². The summed E-state index contributed by atoms with van der Waals surface area (Å²) in [6, 6.07) is 12.8. The van der Waals surface area contributed by atoms with Crippen molar-refractivity contribution >= 4 is 40.8 Å². The van der Waals surface area contributed by atoms with Crippen LogP contribution in [-0.2, 0) is 20.9 Å². The number of benzene rings is 2. The number of amides is 4. The lowest BCUT2D eigenvalue weighted by Gasteiger charge is -2.34. The number of piperidine rings is 1. The first-order chi connectivity index (χ1) is 21.0. The van der Waals surface area contributed by atoms with Crippen LogP contribution in [0.5, 0.6) is 5.75 Å². The fourth-order valence-corrected chi connectivity index (χ4v) is 8.09. The minimum absolute atomic E-state index is 0.0583. The van der Waals surface area contributed by atoms with Gasteiger partial charge in [-0.1, -0.05) is 37.6 Å². The highest BCUT2D eigenvalue weighted by Crippen LogP contribution is 2.46. The summed E-state index contributed by atoms with van der Waals surface area (Å²) in [4.78, 5) is 54.5. The Balaban J connectivity index is 0.991. The summed E-state index contributed by atoms with van der Waals surface area (Å²) in [7, 11) is 0. The zero-order valence-electron chi connectivity index (χ0n) is 25.2. The van der Waals surface area contributed by atoms with Crippen LogP contribution in [0.4, 0.5) is 0 Å². The van der Waals surface area contributed by atoms with Gasteiger partial charge in [0.2, 0.25) is 17.7 Å². The van der Waals surface area contributed by atoms with E-state index in [1.54, 1.807) is 11.0 Å². The van der Waals surface area contributed by atoms with E-state index in [2.05, 4.69) is 24.1 Å². The standard InChI is InChI=1S/C35H38ClN3O5/c1-35(2)12-11-28(29(16-35)20-3-5-24(36)6-4-20)33(42)38-17-21-13-26(14-22(21)18-38)44-25-7-8-27-23(15-25)19-39(34(27)43)30-9-10-31(40)37-32(30)41/h3-8,15,21-22,26,30H,9-14,16-19H2,1-2H3,(H,37,40,41). The highest BCUT2D eigenvalue weighted by atomic mass is 35.5. The first kappa shape index (κ1) is 29.1. The van der Waals surface area contributed by atoms with Crippen LogP contribution in [0.3, 0.4) is 0 Å². The van der Waals surface area contributed by atoms with Gasteiger partial charge in [-0.15, -0.1) is 0 Å². The van der Waals surface area contributed by atoms with Gasteiger partial charge in [-0.25, -0.2) is 0 Å². The van der Waals surface area contributed by atoms with Crippen molar-refractivity contribution in [2.24, 2.45) is 17.3 Å². The molecule has 2 aliphatic carbocycles. The number of likely N-dealkylation sites (tertiary alicyclic amines) is 1. The molecule has 0 aromatic heterocycles. The largest absolute Gasteiger partial charge is 0.490 e. The maximum absolute atomic E-state index is 13.9. The Morgan fingerprint density at radius 1 is 1.00 bits per heavy atom. The number of ether oxygens (including phenoxy) is 1. The molecular weight excluding hydrogens is 578 g/mol. The van der Waals surface area contributed by atoms with Gasteiger partial charge in [0, 0.05) is 42.2 Å². The number of hydrogen-bond donors (Lipinski definition) is 1. The molecule has 44 heavy (non-hydrogen) atoms. The van der Waals surface area contributed by atoms with Crippen molar-refractivity contribution in [2.45, 2.75) is 77.5 Å². The van der Waals surface area contributed by atoms with Crippen LogP contribution in [0.1, 0.15) is 80.3 Å². The molecule has 3 fully saturated rings. The number of fused-ring (bicyclic) bond motifs is 2. The Labute approximate surface area is 262 Å². The van der Waals surface area contributed by atoms with Gasteiger partial charge in [-0.2, -0.15) is 0 Å². The van der Waals surface area contributed by atoms with Crippen molar-refractivity contribution in [1.82, 2.24) is 15.1 Å². The maximum atomic E-state index is 13.9. The van der Waals surface area contributed by atoms with Crippen molar-refractivity contribution < 1.29 is 23.9 Å². The number of rotatable bonds is 5. The third kappa shape index (κ3) is 5.42. The van der Waals surface area contributed by atoms with Crippen LogP contribution in [0.25, 0.3) is 5.57 Å². The molecule has 2 aromatic rings. The lowest BCUT2D eigenvalue weighted by atomic mass is 9.72. The molecule has 8 nitrogen and oxygen atoms in total. The lowest BCUT2D eigenvalue weighted by Crippen LogP contribution is -2.52. The molecule has 3 unspecified atom stereocenters. The smallest absolute Gasteiger partial charge is 0.255 e. The first-order valence-corrected chi connectivity index (χ1v) is 16.1. The highest BCUT2D eigenvalue weighted by Gasteiger charge is 2.45. The number of nitrogens with one attached hydrogen (secondary N) is 1. The Kier molecular flexibility index (Phi) is 7.31. The zero-order valence-corrected chi connectivity index (χ0v) is 26.0. The quantitative estimate of drug-likeness (QED) is 0.456. The number of carbonyl (C=O) groups excluding carboxylic acids is 4. The fourth-order valence-electron chi connectivity index (χ4n) is 7.97. The summed E-state index contributed by atoms with van der Waals surface area (Å²) >= 11 is 6.16. The van der Waals surface area contributed by atoms with Gasteiger partial charge in [-0.3, -0.25) is 24.5 Å². The van der Waals surface area contributed by atoms with Gasteiger partial charge in [0.05, 0.1) is 6.10 Å². The number of hydrogen-bond acceptors (Lipinski definition) is 5. The molecule has 0 bridgehead atoms. The molecule has 230 valence electrons. The number of nitrogens with zero attached hydrogens (tertiary/aromatic N) is 2. The van der Waals surface area contributed by atoms with Gasteiger partial charge in [-0.05, 0) is 103 Å². The van der Waals surface area contributed by atoms with E-state index in [1.165, 1.54) is 0 Å². The van der Waals surface area contributed by atoms with Crippen LogP contribution in [0.15, 0.2) is 48.0 Å². The zero-order chi connectivity index (χ0) is 30.7. The van der Waals surface area contributed by atoms with Crippen LogP contribution in [-0.4, -0.2) is 58.7 Å². The first-order valence-electron chi connectivity index (χ1n) is 15.8. The van der Waals surface area contributed by atoms with Gasteiger partial charge < -0.3 is 14.5 Å². The molecular formula is C35H38ClN3O5. The Morgan fingerprint density at radius 3 is 2.43 bits per heavy atom. The molecule has 4 amide bonds. The predicted octanol–water partition coefficient (Wildman–Crippen LogP) is 5.38. The topological polar surface area (TPSA) is 96.0 Å². The minimum atomic E-state index is -0.630. The van der Waals surface area contributed by atoms with Gasteiger partial charge >= 0.3 is 0 Å². The van der Waals surface area contributed by atoms with Crippen molar-refractivity contribution in [1.29, 1.82) is 0 Å². The van der Waals surface area contributed by atoms with Gasteiger partial charge in [0.25, 0.3) is 5.91 Å². The van der Waals surface area contributed by atoms with Crippen molar-refractivity contribution in [3.8, 4) is 5.75 Å². The Hall–Kier alpha value is -3.65. The van der Waals surface area contributed by atoms with Gasteiger partial charge in [0.15, 0.2) is 0 Å². The second-order valence-corrected chi connectivity index (χ2v) is 14.4. The molecule has 7 rings (SSSR count). The highest BCUT2D eigenvalue weighted by molar-refractivity contribution is 6.30. The SMILES string of the molecule is CC1(C)CCC(C(=O)N2CC3CC(Oc4ccc5c(c4)CN(C4CCC(=O)NC4=O)C5=O)CC3C2)=C(c2ccc(Cl)cc2)C1. The third-order valence-electron chi connectivity index (χ3n) is 10.3. The van der Waals surface area contributed by atoms with Crippen molar-refractivity contribution in [2.75, 3.05) is 13.1 Å². The van der Waals surface area contributed by atoms with E-state index in [0.29, 0.717) is 35.4 Å².